The van der Waals surface area contributed by atoms with Gasteiger partial charge < -0.3 is 9.47 Å². The largest absolute Gasteiger partial charge is 0.490 e. The van der Waals surface area contributed by atoms with Crippen LogP contribution in [-0.2, 0) is 14.8 Å². The maximum absolute atomic E-state index is 12.3. The fourth-order valence-corrected chi connectivity index (χ4v) is 3.54. The lowest BCUT2D eigenvalue weighted by atomic mass is 10.1. The molecule has 0 amide bonds. The van der Waals surface area contributed by atoms with Gasteiger partial charge in [0.2, 0.25) is 10.0 Å². The predicted octanol–water partition coefficient (Wildman–Crippen LogP) is 3.44. The van der Waals surface area contributed by atoms with Gasteiger partial charge in [0.25, 0.3) is 0 Å². The summed E-state index contributed by atoms with van der Waals surface area (Å²) in [6, 6.07) is 9.73. The fraction of sp³-hybridized carbons (Fsp3) is 0.316. The van der Waals surface area contributed by atoms with Crippen molar-refractivity contribution >= 4 is 27.6 Å². The highest BCUT2D eigenvalue weighted by Crippen LogP contribution is 2.23. The molecule has 0 unspecified atom stereocenters. The van der Waals surface area contributed by atoms with Gasteiger partial charge in [-0.05, 0) is 55.3 Å². The first-order chi connectivity index (χ1) is 12.6. The van der Waals surface area contributed by atoms with Gasteiger partial charge in [0, 0.05) is 14.1 Å². The Morgan fingerprint density at radius 1 is 1.04 bits per heavy atom. The molecular formula is C19H22ClNO5S. The van der Waals surface area contributed by atoms with E-state index in [1.54, 1.807) is 0 Å². The van der Waals surface area contributed by atoms with Gasteiger partial charge in [-0.25, -0.2) is 17.5 Å². The summed E-state index contributed by atoms with van der Waals surface area (Å²) >= 11 is 6.02. The van der Waals surface area contributed by atoms with Crippen LogP contribution in [0.4, 0.5) is 0 Å². The van der Waals surface area contributed by atoms with Crippen molar-refractivity contribution in [1.82, 2.24) is 4.31 Å². The molecule has 0 aromatic heterocycles. The molecular weight excluding hydrogens is 390 g/mol. The minimum Gasteiger partial charge on any atom is -0.490 e. The monoisotopic (exact) mass is 411 g/mol. The summed E-state index contributed by atoms with van der Waals surface area (Å²) in [7, 11) is -0.859. The van der Waals surface area contributed by atoms with Gasteiger partial charge in [0.1, 0.15) is 19.0 Å². The summed E-state index contributed by atoms with van der Waals surface area (Å²) < 4.78 is 36.2. The van der Waals surface area contributed by atoms with Gasteiger partial charge in [0.05, 0.1) is 15.5 Å². The molecule has 0 aliphatic carbocycles. The number of hydrogen-bond acceptors (Lipinski definition) is 5. The Labute approximate surface area is 164 Å². The third-order valence-corrected chi connectivity index (χ3v) is 5.86. The van der Waals surface area contributed by atoms with E-state index in [-0.39, 0.29) is 28.7 Å². The number of benzene rings is 2. The molecule has 0 radical (unpaired) electrons. The Kier molecular flexibility index (Phi) is 6.86. The number of carbonyl (C=O) groups excluding carboxylic acids is 1. The quantitative estimate of drug-likeness (QED) is 0.515. The van der Waals surface area contributed by atoms with Crippen molar-refractivity contribution in [2.24, 2.45) is 0 Å². The van der Waals surface area contributed by atoms with Crippen LogP contribution in [0, 0.1) is 13.8 Å². The summed E-state index contributed by atoms with van der Waals surface area (Å²) in [5.41, 5.74) is 2.14. The molecule has 0 aliphatic heterocycles. The maximum atomic E-state index is 12.3. The van der Waals surface area contributed by atoms with Crippen molar-refractivity contribution in [3.05, 3.63) is 58.1 Å². The Morgan fingerprint density at radius 2 is 1.67 bits per heavy atom. The van der Waals surface area contributed by atoms with E-state index in [0.29, 0.717) is 5.75 Å². The molecule has 2 aromatic carbocycles. The van der Waals surface area contributed by atoms with E-state index in [0.717, 1.165) is 15.4 Å². The molecule has 0 atom stereocenters. The zero-order valence-electron chi connectivity index (χ0n) is 15.7. The molecule has 0 heterocycles. The summed E-state index contributed by atoms with van der Waals surface area (Å²) in [4.78, 5) is 12.2. The smallest absolute Gasteiger partial charge is 0.339 e. The van der Waals surface area contributed by atoms with Crippen LogP contribution in [0.15, 0.2) is 41.3 Å². The van der Waals surface area contributed by atoms with Crippen molar-refractivity contribution in [2.75, 3.05) is 27.3 Å². The van der Waals surface area contributed by atoms with Crippen LogP contribution in [0.3, 0.4) is 0 Å². The van der Waals surface area contributed by atoms with E-state index in [1.807, 2.05) is 32.0 Å². The van der Waals surface area contributed by atoms with E-state index < -0.39 is 16.0 Å². The molecule has 2 rings (SSSR count). The maximum Gasteiger partial charge on any atom is 0.339 e. The Morgan fingerprint density at radius 3 is 2.26 bits per heavy atom. The zero-order chi connectivity index (χ0) is 20.2. The van der Waals surface area contributed by atoms with Crippen LogP contribution >= 0.6 is 11.6 Å². The van der Waals surface area contributed by atoms with E-state index in [4.69, 9.17) is 21.1 Å². The molecule has 0 bridgehead atoms. The third kappa shape index (κ3) is 5.45. The Bertz CT molecular complexity index is 921. The molecule has 0 spiro atoms. The molecule has 0 fully saturated rings. The lowest BCUT2D eigenvalue weighted by molar-refractivity contribution is 0.0450. The lowest BCUT2D eigenvalue weighted by Crippen LogP contribution is -2.22. The van der Waals surface area contributed by atoms with E-state index >= 15 is 0 Å². The number of carbonyl (C=O) groups is 1. The first-order valence-corrected chi connectivity index (χ1v) is 10.0. The zero-order valence-corrected chi connectivity index (χ0v) is 17.2. The first kappa shape index (κ1) is 21.2. The molecule has 8 heteroatoms. The van der Waals surface area contributed by atoms with Crippen LogP contribution in [0.2, 0.25) is 5.02 Å². The summed E-state index contributed by atoms with van der Waals surface area (Å²) in [5, 5.41) is 0.118. The SMILES string of the molecule is Cc1cc(C)cc(OCCOC(=O)c2cc(S(=O)(=O)N(C)C)ccc2Cl)c1. The second-order valence-corrected chi connectivity index (χ2v) is 8.80. The molecule has 0 saturated heterocycles. The number of nitrogens with zero attached hydrogens (tertiary/aromatic N) is 1. The highest BCUT2D eigenvalue weighted by molar-refractivity contribution is 7.89. The van der Waals surface area contributed by atoms with Gasteiger partial charge in [0.15, 0.2) is 0 Å². The van der Waals surface area contributed by atoms with Gasteiger partial charge in [-0.3, -0.25) is 0 Å². The van der Waals surface area contributed by atoms with Crippen molar-refractivity contribution < 1.29 is 22.7 Å². The van der Waals surface area contributed by atoms with E-state index in [9.17, 15) is 13.2 Å². The molecule has 0 saturated carbocycles. The van der Waals surface area contributed by atoms with Crippen LogP contribution in [0.25, 0.3) is 0 Å². The lowest BCUT2D eigenvalue weighted by Gasteiger charge is -2.13. The number of halogens is 1. The van der Waals surface area contributed by atoms with Crippen LogP contribution in [0.5, 0.6) is 5.75 Å². The number of aryl methyl sites for hydroxylation is 2. The molecule has 2 aromatic rings. The summed E-state index contributed by atoms with van der Waals surface area (Å²) in [6.45, 7) is 4.11. The molecule has 6 nitrogen and oxygen atoms in total. The summed E-state index contributed by atoms with van der Waals surface area (Å²) in [6.07, 6.45) is 0. The van der Waals surface area contributed by atoms with Crippen LogP contribution < -0.4 is 4.74 Å². The van der Waals surface area contributed by atoms with Crippen molar-refractivity contribution in [2.45, 2.75) is 18.7 Å². The Hall–Kier alpha value is -2.09. The predicted molar refractivity (Wildman–Crippen MR) is 104 cm³/mol. The van der Waals surface area contributed by atoms with Crippen LogP contribution in [0.1, 0.15) is 21.5 Å². The minimum absolute atomic E-state index is 0.00676. The third-order valence-electron chi connectivity index (χ3n) is 3.72. The minimum atomic E-state index is -3.68. The van der Waals surface area contributed by atoms with Gasteiger partial charge in [-0.2, -0.15) is 0 Å². The number of sulfonamides is 1. The average molecular weight is 412 g/mol. The second-order valence-electron chi connectivity index (χ2n) is 6.24. The highest BCUT2D eigenvalue weighted by Gasteiger charge is 2.21. The average Bonchev–Trinajstić information content (AvgIpc) is 2.57. The van der Waals surface area contributed by atoms with Gasteiger partial charge in [-0.1, -0.05) is 17.7 Å². The first-order valence-electron chi connectivity index (χ1n) is 8.21. The Balaban J connectivity index is 2.01. The van der Waals surface area contributed by atoms with Crippen molar-refractivity contribution in [3.8, 4) is 5.75 Å². The van der Waals surface area contributed by atoms with E-state index in [1.165, 1.54) is 32.3 Å². The molecule has 0 aliphatic rings. The molecule has 146 valence electrons. The number of ether oxygens (including phenoxy) is 2. The number of esters is 1. The summed E-state index contributed by atoms with van der Waals surface area (Å²) in [5.74, 6) is -0.0134. The van der Waals surface area contributed by atoms with Crippen LogP contribution in [-0.4, -0.2) is 46.0 Å². The number of hydrogen-bond donors (Lipinski definition) is 0. The fourth-order valence-electron chi connectivity index (χ4n) is 2.42. The van der Waals surface area contributed by atoms with Gasteiger partial charge >= 0.3 is 5.97 Å². The van der Waals surface area contributed by atoms with Gasteiger partial charge in [-0.15, -0.1) is 0 Å². The molecule has 0 N–H and O–H groups in total. The topological polar surface area (TPSA) is 72.9 Å². The molecule has 27 heavy (non-hydrogen) atoms. The second kappa shape index (κ2) is 8.73. The van der Waals surface area contributed by atoms with Crippen molar-refractivity contribution in [1.29, 1.82) is 0 Å². The highest BCUT2D eigenvalue weighted by atomic mass is 35.5. The standard InChI is InChI=1S/C19H22ClNO5S/c1-13-9-14(2)11-15(10-13)25-7-8-26-19(22)17-12-16(5-6-18(17)20)27(23,24)21(3)4/h5-6,9-12H,7-8H2,1-4H3. The number of rotatable bonds is 7. The van der Waals surface area contributed by atoms with Crippen molar-refractivity contribution in [3.63, 3.8) is 0 Å². The van der Waals surface area contributed by atoms with E-state index in [2.05, 4.69) is 0 Å². The normalized spacial score (nSPS) is 11.5.